The van der Waals surface area contributed by atoms with Gasteiger partial charge in [-0.25, -0.2) is 4.39 Å². The Hall–Kier alpha value is -0.850. The highest BCUT2D eigenvalue weighted by molar-refractivity contribution is 5.15. The quantitative estimate of drug-likeness (QED) is 0.588. The Morgan fingerprint density at radius 1 is 1.60 bits per heavy atom. The van der Waals surface area contributed by atoms with Gasteiger partial charge in [0.15, 0.2) is 0 Å². The van der Waals surface area contributed by atoms with Crippen molar-refractivity contribution in [1.82, 2.24) is 0 Å². The zero-order valence-electron chi connectivity index (χ0n) is 5.97. The van der Waals surface area contributed by atoms with E-state index < -0.39 is 6.17 Å². The summed E-state index contributed by atoms with van der Waals surface area (Å²) in [5.41, 5.74) is 0.657. The minimum absolute atomic E-state index is 0.528. The average molecular weight is 137 g/mol. The number of alkyl halides is 1. The summed E-state index contributed by atoms with van der Waals surface area (Å²) >= 11 is 0. The van der Waals surface area contributed by atoms with Crippen molar-refractivity contribution in [2.75, 3.05) is 0 Å². The Morgan fingerprint density at radius 3 is 2.90 bits per heavy atom. The molecule has 0 saturated carbocycles. The van der Waals surface area contributed by atoms with Crippen molar-refractivity contribution in [3.05, 3.63) is 35.9 Å². The zero-order valence-corrected chi connectivity index (χ0v) is 5.97. The number of halogens is 1. The van der Waals surface area contributed by atoms with Gasteiger partial charge in [-0.3, -0.25) is 0 Å². The molecular formula is C9H10F. The number of hydrogen-bond acceptors (Lipinski definition) is 0. The smallest absolute Gasteiger partial charge is 0.125 e. The van der Waals surface area contributed by atoms with E-state index in [0.717, 1.165) is 0 Å². The van der Waals surface area contributed by atoms with Gasteiger partial charge in [0, 0.05) is 0 Å². The van der Waals surface area contributed by atoms with Crippen molar-refractivity contribution in [2.24, 2.45) is 0 Å². The van der Waals surface area contributed by atoms with Crippen LogP contribution in [0.4, 0.5) is 4.39 Å². The molecule has 0 aromatic heterocycles. The molecular weight excluding hydrogens is 127 g/mol. The largest absolute Gasteiger partial charge is 0.242 e. The van der Waals surface area contributed by atoms with Gasteiger partial charge in [-0.05, 0) is 18.1 Å². The molecule has 1 heteroatoms. The second-order valence-electron chi connectivity index (χ2n) is 2.19. The van der Waals surface area contributed by atoms with Crippen molar-refractivity contribution >= 4 is 0 Å². The molecule has 0 N–H and O–H groups in total. The number of rotatable bonds is 2. The first-order valence-electron chi connectivity index (χ1n) is 3.45. The summed E-state index contributed by atoms with van der Waals surface area (Å²) in [4.78, 5) is 0. The zero-order chi connectivity index (χ0) is 7.40. The molecule has 0 heterocycles. The Labute approximate surface area is 60.7 Å². The van der Waals surface area contributed by atoms with E-state index in [9.17, 15) is 4.39 Å². The van der Waals surface area contributed by atoms with Crippen LogP contribution in [0, 0.1) is 6.07 Å². The van der Waals surface area contributed by atoms with Gasteiger partial charge in [0.1, 0.15) is 6.17 Å². The van der Waals surface area contributed by atoms with Crippen LogP contribution in [-0.2, 0) is 0 Å². The van der Waals surface area contributed by atoms with Crippen LogP contribution in [0.2, 0.25) is 0 Å². The summed E-state index contributed by atoms with van der Waals surface area (Å²) in [5, 5.41) is 0. The van der Waals surface area contributed by atoms with Gasteiger partial charge in [0.2, 0.25) is 0 Å². The van der Waals surface area contributed by atoms with Crippen molar-refractivity contribution in [3.63, 3.8) is 0 Å². The average Bonchev–Trinajstić information content (AvgIpc) is 2.05. The fraction of sp³-hybridized carbons (Fsp3) is 0.333. The lowest BCUT2D eigenvalue weighted by atomic mass is 10.1. The molecule has 0 amide bonds. The molecule has 0 bridgehead atoms. The van der Waals surface area contributed by atoms with E-state index in [0.29, 0.717) is 12.0 Å². The highest BCUT2D eigenvalue weighted by Crippen LogP contribution is 2.18. The van der Waals surface area contributed by atoms with Crippen LogP contribution in [0.5, 0.6) is 0 Å². The molecule has 10 heavy (non-hydrogen) atoms. The molecule has 0 saturated heterocycles. The summed E-state index contributed by atoms with van der Waals surface area (Å²) in [5.74, 6) is 0. The van der Waals surface area contributed by atoms with Crippen LogP contribution in [-0.4, -0.2) is 0 Å². The normalized spacial score (nSPS) is 13.0. The summed E-state index contributed by atoms with van der Waals surface area (Å²) < 4.78 is 12.8. The van der Waals surface area contributed by atoms with Crippen LogP contribution in [0.15, 0.2) is 24.3 Å². The lowest BCUT2D eigenvalue weighted by molar-refractivity contribution is 0.334. The fourth-order valence-corrected chi connectivity index (χ4v) is 0.822. The van der Waals surface area contributed by atoms with Gasteiger partial charge in [-0.2, -0.15) is 0 Å². The van der Waals surface area contributed by atoms with Gasteiger partial charge in [-0.1, -0.05) is 31.2 Å². The summed E-state index contributed by atoms with van der Waals surface area (Å²) in [6.45, 7) is 1.82. The number of benzene rings is 1. The Morgan fingerprint density at radius 2 is 2.40 bits per heavy atom. The minimum Gasteiger partial charge on any atom is -0.242 e. The predicted molar refractivity (Wildman–Crippen MR) is 39.4 cm³/mol. The van der Waals surface area contributed by atoms with Gasteiger partial charge in [0.25, 0.3) is 0 Å². The van der Waals surface area contributed by atoms with Gasteiger partial charge >= 0.3 is 0 Å². The molecule has 0 aliphatic carbocycles. The first kappa shape index (κ1) is 7.26. The monoisotopic (exact) mass is 137 g/mol. The van der Waals surface area contributed by atoms with Crippen LogP contribution in [0.3, 0.4) is 0 Å². The number of hydrogen-bond donors (Lipinski definition) is 0. The Bertz CT molecular complexity index is 181. The molecule has 0 aliphatic rings. The van der Waals surface area contributed by atoms with Crippen LogP contribution in [0.25, 0.3) is 0 Å². The Balaban J connectivity index is 2.75. The third-order valence-electron chi connectivity index (χ3n) is 1.43. The maximum atomic E-state index is 12.8. The van der Waals surface area contributed by atoms with Gasteiger partial charge < -0.3 is 0 Å². The van der Waals surface area contributed by atoms with Crippen molar-refractivity contribution in [3.8, 4) is 0 Å². The van der Waals surface area contributed by atoms with Gasteiger partial charge in [0.05, 0.1) is 0 Å². The van der Waals surface area contributed by atoms with Crippen LogP contribution < -0.4 is 0 Å². The first-order valence-corrected chi connectivity index (χ1v) is 3.45. The molecule has 0 spiro atoms. The van der Waals surface area contributed by atoms with E-state index in [1.54, 1.807) is 12.1 Å². The third-order valence-corrected chi connectivity index (χ3v) is 1.43. The van der Waals surface area contributed by atoms with Crippen molar-refractivity contribution < 1.29 is 4.39 Å². The molecule has 1 aromatic rings. The molecule has 1 atom stereocenters. The standard InChI is InChI=1S/C9H10F/c1-2-9(10)8-6-4-3-5-7-8/h3-6,9H,2H2,1H3. The van der Waals surface area contributed by atoms with E-state index in [-0.39, 0.29) is 0 Å². The SMILES string of the molecule is CCC(F)c1[c]cccc1. The molecule has 1 rings (SSSR count). The Kier molecular flexibility index (Phi) is 2.43. The first-order chi connectivity index (χ1) is 4.84. The van der Waals surface area contributed by atoms with Crippen LogP contribution >= 0.6 is 0 Å². The topological polar surface area (TPSA) is 0 Å². The molecule has 53 valence electrons. The molecule has 1 aromatic carbocycles. The molecule has 1 radical (unpaired) electrons. The van der Waals surface area contributed by atoms with Gasteiger partial charge in [-0.15, -0.1) is 0 Å². The van der Waals surface area contributed by atoms with E-state index in [4.69, 9.17) is 0 Å². The van der Waals surface area contributed by atoms with Crippen molar-refractivity contribution in [2.45, 2.75) is 19.5 Å². The lowest BCUT2D eigenvalue weighted by Crippen LogP contribution is -1.87. The van der Waals surface area contributed by atoms with Crippen molar-refractivity contribution in [1.29, 1.82) is 0 Å². The summed E-state index contributed by atoms with van der Waals surface area (Å²) in [7, 11) is 0. The third kappa shape index (κ3) is 1.56. The molecule has 0 aliphatic heterocycles. The van der Waals surface area contributed by atoms with E-state index >= 15 is 0 Å². The highest BCUT2D eigenvalue weighted by Gasteiger charge is 2.04. The summed E-state index contributed by atoms with van der Waals surface area (Å²) in [6.07, 6.45) is -0.318. The lowest BCUT2D eigenvalue weighted by Gasteiger charge is -2.02. The molecule has 0 nitrogen and oxygen atoms in total. The van der Waals surface area contributed by atoms with Crippen LogP contribution in [0.1, 0.15) is 25.1 Å². The summed E-state index contributed by atoms with van der Waals surface area (Å²) in [6, 6.07) is 10.0. The predicted octanol–water partition coefficient (Wildman–Crippen LogP) is 2.91. The highest BCUT2D eigenvalue weighted by atomic mass is 19.1. The van der Waals surface area contributed by atoms with E-state index in [1.807, 2.05) is 19.1 Å². The second kappa shape index (κ2) is 3.35. The molecule has 0 fully saturated rings. The maximum Gasteiger partial charge on any atom is 0.125 e. The van der Waals surface area contributed by atoms with E-state index in [2.05, 4.69) is 6.07 Å². The van der Waals surface area contributed by atoms with E-state index in [1.165, 1.54) is 0 Å². The minimum atomic E-state index is -0.846. The fourth-order valence-electron chi connectivity index (χ4n) is 0.822. The second-order valence-corrected chi connectivity index (χ2v) is 2.19. The molecule has 1 unspecified atom stereocenters. The maximum absolute atomic E-state index is 12.8.